The van der Waals surface area contributed by atoms with Gasteiger partial charge in [0.25, 0.3) is 0 Å². The van der Waals surface area contributed by atoms with Crippen molar-refractivity contribution in [3.05, 3.63) is 25.3 Å². The summed E-state index contributed by atoms with van der Waals surface area (Å²) < 4.78 is 0. The normalized spacial score (nSPS) is 14.0. The number of carboxylic acid groups (broad SMARTS) is 2. The summed E-state index contributed by atoms with van der Waals surface area (Å²) in [6.45, 7) is 6.97. The molecular weight excluding hydrogens is 184 g/mol. The summed E-state index contributed by atoms with van der Waals surface area (Å²) in [5.41, 5.74) is 0. The van der Waals surface area contributed by atoms with Gasteiger partial charge in [0.1, 0.15) is 0 Å². The number of carboxylic acids is 2. The first kappa shape index (κ1) is 12.4. The largest absolute Gasteiger partial charge is 0.481 e. The minimum absolute atomic E-state index is 0.374. The van der Waals surface area contributed by atoms with Crippen LogP contribution in [0.15, 0.2) is 25.3 Å². The van der Waals surface area contributed by atoms with Gasteiger partial charge in [-0.15, -0.1) is 13.2 Å². The number of hydrogen-bond acceptors (Lipinski definition) is 2. The quantitative estimate of drug-likeness (QED) is 0.608. The number of aliphatic carboxylic acids is 2. The molecule has 2 unspecified atom stereocenters. The van der Waals surface area contributed by atoms with E-state index in [9.17, 15) is 9.59 Å². The van der Waals surface area contributed by atoms with Crippen LogP contribution in [0.1, 0.15) is 12.8 Å². The Balaban J connectivity index is 4.58. The third kappa shape index (κ3) is 3.89. The van der Waals surface area contributed by atoms with E-state index < -0.39 is 17.9 Å². The highest BCUT2D eigenvalue weighted by Gasteiger charge is 2.27. The van der Waals surface area contributed by atoms with Crippen molar-refractivity contribution >= 4 is 11.9 Å². The maximum absolute atomic E-state index is 10.8. The summed E-state index contributed by atoms with van der Waals surface area (Å²) in [5.74, 6) is -3.53. The Morgan fingerprint density at radius 3 is 2.14 bits per heavy atom. The fourth-order valence-corrected chi connectivity index (χ4v) is 1.23. The molecule has 0 aliphatic carbocycles. The van der Waals surface area contributed by atoms with E-state index >= 15 is 0 Å². The molecule has 0 radical (unpaired) electrons. The Morgan fingerprint density at radius 2 is 1.86 bits per heavy atom. The molecule has 0 amide bonds. The van der Waals surface area contributed by atoms with E-state index in [2.05, 4.69) is 13.2 Å². The van der Waals surface area contributed by atoms with Crippen LogP contribution >= 0.6 is 0 Å². The van der Waals surface area contributed by atoms with Crippen molar-refractivity contribution in [2.75, 3.05) is 0 Å². The van der Waals surface area contributed by atoms with Gasteiger partial charge in [0, 0.05) is 0 Å². The van der Waals surface area contributed by atoms with Gasteiger partial charge in [0.2, 0.25) is 0 Å². The van der Waals surface area contributed by atoms with E-state index in [1.165, 1.54) is 6.08 Å². The topological polar surface area (TPSA) is 74.6 Å². The monoisotopic (exact) mass is 198 g/mol. The number of allylic oxidation sites excluding steroid dienone is 2. The van der Waals surface area contributed by atoms with E-state index in [4.69, 9.17) is 10.2 Å². The highest BCUT2D eigenvalue weighted by Crippen LogP contribution is 2.21. The maximum atomic E-state index is 10.8. The Kier molecular flexibility index (Phi) is 5.29. The Bertz CT molecular complexity index is 245. The van der Waals surface area contributed by atoms with Crippen LogP contribution in [-0.4, -0.2) is 22.2 Å². The first-order chi connectivity index (χ1) is 6.52. The Hall–Kier alpha value is -1.58. The maximum Gasteiger partial charge on any atom is 0.307 e. The summed E-state index contributed by atoms with van der Waals surface area (Å²) in [7, 11) is 0. The fraction of sp³-hybridized carbons (Fsp3) is 0.400. The van der Waals surface area contributed by atoms with Gasteiger partial charge in [-0.25, -0.2) is 0 Å². The van der Waals surface area contributed by atoms with Gasteiger partial charge in [0.15, 0.2) is 0 Å². The van der Waals surface area contributed by atoms with Crippen molar-refractivity contribution in [3.63, 3.8) is 0 Å². The van der Waals surface area contributed by atoms with E-state index in [0.29, 0.717) is 6.42 Å². The van der Waals surface area contributed by atoms with Crippen LogP contribution in [-0.2, 0) is 9.59 Å². The molecule has 0 aromatic heterocycles. The molecule has 0 aliphatic heterocycles. The van der Waals surface area contributed by atoms with Crippen molar-refractivity contribution < 1.29 is 19.8 Å². The van der Waals surface area contributed by atoms with Crippen LogP contribution in [0.25, 0.3) is 0 Å². The molecule has 2 N–H and O–H groups in total. The zero-order valence-corrected chi connectivity index (χ0v) is 7.85. The van der Waals surface area contributed by atoms with E-state index in [1.807, 2.05) is 0 Å². The molecule has 0 fully saturated rings. The lowest BCUT2D eigenvalue weighted by Crippen LogP contribution is -2.24. The Morgan fingerprint density at radius 1 is 1.29 bits per heavy atom. The Labute approximate surface area is 82.6 Å². The number of hydrogen-bond donors (Lipinski definition) is 2. The van der Waals surface area contributed by atoms with Gasteiger partial charge in [0.05, 0.1) is 12.3 Å². The predicted octanol–water partition coefficient (Wildman–Crippen LogP) is 1.54. The van der Waals surface area contributed by atoms with Crippen molar-refractivity contribution in [1.82, 2.24) is 0 Å². The minimum Gasteiger partial charge on any atom is -0.481 e. The van der Waals surface area contributed by atoms with Gasteiger partial charge in [-0.3, -0.25) is 9.59 Å². The zero-order chi connectivity index (χ0) is 11.1. The first-order valence-corrected chi connectivity index (χ1v) is 4.21. The smallest absolute Gasteiger partial charge is 0.307 e. The van der Waals surface area contributed by atoms with Crippen LogP contribution in [0, 0.1) is 11.8 Å². The lowest BCUT2D eigenvalue weighted by Gasteiger charge is -2.17. The van der Waals surface area contributed by atoms with E-state index in [-0.39, 0.29) is 12.3 Å². The second-order valence-electron chi connectivity index (χ2n) is 2.97. The molecule has 0 bridgehead atoms. The lowest BCUT2D eigenvalue weighted by molar-refractivity contribution is -0.149. The van der Waals surface area contributed by atoms with Gasteiger partial charge in [-0.05, 0) is 12.3 Å². The lowest BCUT2D eigenvalue weighted by atomic mass is 9.87. The SMILES string of the molecule is C=CCC(C=C)C(CC(=O)O)C(=O)O. The number of rotatable bonds is 7. The van der Waals surface area contributed by atoms with Crippen LogP contribution in [0.4, 0.5) is 0 Å². The van der Waals surface area contributed by atoms with Gasteiger partial charge in [-0.2, -0.15) is 0 Å². The molecule has 2 atom stereocenters. The molecule has 0 saturated carbocycles. The van der Waals surface area contributed by atoms with Crippen LogP contribution in [0.5, 0.6) is 0 Å². The molecule has 4 heteroatoms. The summed E-state index contributed by atoms with van der Waals surface area (Å²) in [5, 5.41) is 17.3. The second kappa shape index (κ2) is 5.96. The van der Waals surface area contributed by atoms with Crippen LogP contribution in [0.3, 0.4) is 0 Å². The summed E-state index contributed by atoms with van der Waals surface area (Å²) in [6, 6.07) is 0. The molecule has 0 rings (SSSR count). The van der Waals surface area contributed by atoms with Gasteiger partial charge >= 0.3 is 11.9 Å². The fourth-order valence-electron chi connectivity index (χ4n) is 1.23. The molecule has 14 heavy (non-hydrogen) atoms. The molecular formula is C10H14O4. The molecule has 0 aromatic carbocycles. The molecule has 78 valence electrons. The van der Waals surface area contributed by atoms with E-state index in [1.54, 1.807) is 6.08 Å². The van der Waals surface area contributed by atoms with Crippen molar-refractivity contribution in [2.24, 2.45) is 11.8 Å². The van der Waals surface area contributed by atoms with Crippen molar-refractivity contribution in [2.45, 2.75) is 12.8 Å². The third-order valence-corrected chi connectivity index (χ3v) is 1.97. The first-order valence-electron chi connectivity index (χ1n) is 4.21. The van der Waals surface area contributed by atoms with Gasteiger partial charge in [-0.1, -0.05) is 12.2 Å². The molecule has 0 heterocycles. The second-order valence-corrected chi connectivity index (χ2v) is 2.97. The average Bonchev–Trinajstić information content (AvgIpc) is 2.10. The third-order valence-electron chi connectivity index (χ3n) is 1.97. The zero-order valence-electron chi connectivity index (χ0n) is 7.85. The molecule has 0 aliphatic rings. The summed E-state index contributed by atoms with van der Waals surface area (Å²) >= 11 is 0. The predicted molar refractivity (Wildman–Crippen MR) is 51.9 cm³/mol. The molecule has 0 spiro atoms. The molecule has 0 aromatic rings. The van der Waals surface area contributed by atoms with E-state index in [0.717, 1.165) is 0 Å². The standard InChI is InChI=1S/C10H14O4/c1-3-5-7(4-2)8(10(13)14)6-9(11)12/h3-4,7-8H,1-2,5-6H2,(H,11,12)(H,13,14). The average molecular weight is 198 g/mol. The molecule has 4 nitrogen and oxygen atoms in total. The summed E-state index contributed by atoms with van der Waals surface area (Å²) in [4.78, 5) is 21.2. The van der Waals surface area contributed by atoms with Crippen molar-refractivity contribution in [3.8, 4) is 0 Å². The highest BCUT2D eigenvalue weighted by atomic mass is 16.4. The highest BCUT2D eigenvalue weighted by molar-refractivity contribution is 5.78. The van der Waals surface area contributed by atoms with Gasteiger partial charge < -0.3 is 10.2 Å². The molecule has 0 saturated heterocycles. The number of carbonyl (C=O) groups is 2. The van der Waals surface area contributed by atoms with Crippen LogP contribution < -0.4 is 0 Å². The summed E-state index contributed by atoms with van der Waals surface area (Å²) in [6.07, 6.45) is 3.06. The minimum atomic E-state index is -1.12. The van der Waals surface area contributed by atoms with Crippen LogP contribution in [0.2, 0.25) is 0 Å². The van der Waals surface area contributed by atoms with Crippen molar-refractivity contribution in [1.29, 1.82) is 0 Å².